The molecule has 1 amide bonds. The van der Waals surface area contributed by atoms with Crippen LogP contribution in [0.15, 0.2) is 24.5 Å². The summed E-state index contributed by atoms with van der Waals surface area (Å²) in [6.07, 6.45) is 4.68. The first kappa shape index (κ1) is 13.4. The van der Waals surface area contributed by atoms with Crippen LogP contribution in [0.1, 0.15) is 29.5 Å². The number of hydrogen-bond acceptors (Lipinski definition) is 3. The lowest BCUT2D eigenvalue weighted by Crippen LogP contribution is -2.43. The molecule has 5 nitrogen and oxygen atoms in total. The second-order valence-electron chi connectivity index (χ2n) is 6.05. The molecule has 0 saturated carbocycles. The molecule has 0 spiro atoms. The number of hydrogen-bond donors (Lipinski definition) is 1. The van der Waals surface area contributed by atoms with Gasteiger partial charge in [-0.15, -0.1) is 0 Å². The lowest BCUT2D eigenvalue weighted by molar-refractivity contribution is 0.0919. The number of rotatable bonds is 2. The van der Waals surface area contributed by atoms with Gasteiger partial charge in [0.1, 0.15) is 5.69 Å². The van der Waals surface area contributed by atoms with E-state index in [-0.39, 0.29) is 11.9 Å². The van der Waals surface area contributed by atoms with Gasteiger partial charge in [0.25, 0.3) is 5.91 Å². The first-order chi connectivity index (χ1) is 10.7. The van der Waals surface area contributed by atoms with Gasteiger partial charge in [-0.1, -0.05) is 5.92 Å². The SMILES string of the molecule is CC#Cc1ccc2cnc(C(=O)NC3CN4CC[C@H]3C4)cn12. The second kappa shape index (κ2) is 5.15. The van der Waals surface area contributed by atoms with Gasteiger partial charge in [-0.3, -0.25) is 4.79 Å². The molecule has 2 aliphatic rings. The Morgan fingerprint density at radius 3 is 3.05 bits per heavy atom. The van der Waals surface area contributed by atoms with Crippen molar-refractivity contribution in [3.05, 3.63) is 35.9 Å². The Labute approximate surface area is 129 Å². The summed E-state index contributed by atoms with van der Waals surface area (Å²) in [5, 5.41) is 3.14. The molecule has 1 N–H and O–H groups in total. The molecule has 0 aromatic carbocycles. The van der Waals surface area contributed by atoms with Crippen LogP contribution in [0.25, 0.3) is 5.52 Å². The van der Waals surface area contributed by atoms with Gasteiger partial charge in [-0.05, 0) is 43.9 Å². The average molecular weight is 294 g/mol. The largest absolute Gasteiger partial charge is 0.346 e. The molecule has 2 aliphatic heterocycles. The molecule has 5 heteroatoms. The molecule has 2 aromatic rings. The van der Waals surface area contributed by atoms with Crippen LogP contribution < -0.4 is 5.32 Å². The van der Waals surface area contributed by atoms with E-state index in [1.807, 2.05) is 16.5 Å². The monoisotopic (exact) mass is 294 g/mol. The zero-order chi connectivity index (χ0) is 15.1. The number of carbonyl (C=O) groups excluding carboxylic acids is 1. The smallest absolute Gasteiger partial charge is 0.271 e. The van der Waals surface area contributed by atoms with Crippen LogP contribution in [-0.4, -0.2) is 45.9 Å². The highest BCUT2D eigenvalue weighted by atomic mass is 16.2. The molecule has 2 unspecified atom stereocenters. The van der Waals surface area contributed by atoms with Crippen molar-refractivity contribution in [2.75, 3.05) is 19.6 Å². The minimum absolute atomic E-state index is 0.0928. The highest BCUT2D eigenvalue weighted by molar-refractivity contribution is 5.92. The molecular formula is C17H18N4O. The summed E-state index contributed by atoms with van der Waals surface area (Å²) in [6.45, 7) is 5.06. The zero-order valence-electron chi connectivity index (χ0n) is 12.5. The average Bonchev–Trinajstić information content (AvgIpc) is 3.23. The summed E-state index contributed by atoms with van der Waals surface area (Å²) in [5.41, 5.74) is 2.26. The first-order valence-corrected chi connectivity index (χ1v) is 7.67. The number of aromatic nitrogens is 2. The molecule has 0 radical (unpaired) electrons. The quantitative estimate of drug-likeness (QED) is 0.845. The van der Waals surface area contributed by atoms with Crippen LogP contribution in [-0.2, 0) is 0 Å². The maximum atomic E-state index is 12.5. The lowest BCUT2D eigenvalue weighted by atomic mass is 10.00. The van der Waals surface area contributed by atoms with Crippen LogP contribution in [0, 0.1) is 17.8 Å². The Morgan fingerprint density at radius 1 is 1.41 bits per heavy atom. The standard InChI is InChI=1S/C17H18N4O/c1-2-3-13-4-5-14-8-18-16(11-21(13)14)17(22)19-15-10-20-7-6-12(15)9-20/h4-5,8,11-12,15H,6-7,9-10H2,1H3,(H,19,22)/t12-,15?/m0/s1. The fourth-order valence-corrected chi connectivity index (χ4v) is 3.54. The van der Waals surface area contributed by atoms with Crippen molar-refractivity contribution >= 4 is 11.4 Å². The van der Waals surface area contributed by atoms with Gasteiger partial charge in [0.05, 0.1) is 17.4 Å². The number of piperidine rings is 1. The minimum atomic E-state index is -0.0928. The molecule has 0 aliphatic carbocycles. The van der Waals surface area contributed by atoms with Crippen LogP contribution in [0.3, 0.4) is 0 Å². The predicted molar refractivity (Wildman–Crippen MR) is 83.5 cm³/mol. The van der Waals surface area contributed by atoms with Gasteiger partial charge in [-0.25, -0.2) is 4.98 Å². The molecule has 4 rings (SSSR count). The van der Waals surface area contributed by atoms with Crippen molar-refractivity contribution in [1.29, 1.82) is 0 Å². The lowest BCUT2D eigenvalue weighted by Gasteiger charge is -2.22. The summed E-state index contributed by atoms with van der Waals surface area (Å²) in [4.78, 5) is 19.2. The van der Waals surface area contributed by atoms with Crippen molar-refractivity contribution in [1.82, 2.24) is 19.6 Å². The van der Waals surface area contributed by atoms with E-state index in [1.54, 1.807) is 19.3 Å². The van der Waals surface area contributed by atoms with E-state index in [4.69, 9.17) is 0 Å². The minimum Gasteiger partial charge on any atom is -0.346 e. The summed E-state index contributed by atoms with van der Waals surface area (Å²) in [7, 11) is 0. The van der Waals surface area contributed by atoms with E-state index < -0.39 is 0 Å². The normalized spacial score (nSPS) is 26.0. The molecule has 2 aromatic heterocycles. The highest BCUT2D eigenvalue weighted by Crippen LogP contribution is 2.27. The van der Waals surface area contributed by atoms with Gasteiger partial charge in [0, 0.05) is 25.3 Å². The summed E-state index contributed by atoms with van der Waals surface area (Å²) >= 11 is 0. The number of nitrogens with zero attached hydrogens (tertiary/aromatic N) is 3. The van der Waals surface area contributed by atoms with Crippen LogP contribution in [0.5, 0.6) is 0 Å². The summed E-state index contributed by atoms with van der Waals surface area (Å²) < 4.78 is 1.92. The van der Waals surface area contributed by atoms with Crippen LogP contribution >= 0.6 is 0 Å². The van der Waals surface area contributed by atoms with Gasteiger partial charge >= 0.3 is 0 Å². The number of carbonyl (C=O) groups is 1. The maximum absolute atomic E-state index is 12.5. The van der Waals surface area contributed by atoms with Crippen LogP contribution in [0.4, 0.5) is 0 Å². The molecule has 4 heterocycles. The zero-order valence-corrected chi connectivity index (χ0v) is 12.5. The third-order valence-corrected chi connectivity index (χ3v) is 4.67. The Morgan fingerprint density at radius 2 is 2.32 bits per heavy atom. The van der Waals surface area contributed by atoms with E-state index in [9.17, 15) is 4.79 Å². The third-order valence-electron chi connectivity index (χ3n) is 4.67. The van der Waals surface area contributed by atoms with Gasteiger partial charge in [0.2, 0.25) is 0 Å². The Bertz CT molecular complexity index is 798. The maximum Gasteiger partial charge on any atom is 0.271 e. The molecular weight excluding hydrogens is 276 g/mol. The van der Waals surface area contributed by atoms with E-state index in [0.29, 0.717) is 11.6 Å². The molecule has 3 atom stereocenters. The topological polar surface area (TPSA) is 49.6 Å². The van der Waals surface area contributed by atoms with E-state index >= 15 is 0 Å². The predicted octanol–water partition coefficient (Wildman–Crippen LogP) is 1.14. The highest BCUT2D eigenvalue weighted by Gasteiger charge is 2.38. The second-order valence-corrected chi connectivity index (χ2v) is 6.05. The number of amides is 1. The third kappa shape index (κ3) is 2.16. The van der Waals surface area contributed by atoms with Gasteiger partial charge < -0.3 is 14.6 Å². The number of fused-ring (bicyclic) bond motifs is 3. The van der Waals surface area contributed by atoms with E-state index in [0.717, 1.165) is 24.3 Å². The van der Waals surface area contributed by atoms with Crippen molar-refractivity contribution in [3.8, 4) is 11.8 Å². The van der Waals surface area contributed by atoms with Crippen molar-refractivity contribution in [2.45, 2.75) is 19.4 Å². The molecule has 2 fully saturated rings. The Balaban J connectivity index is 1.58. The molecule has 112 valence electrons. The van der Waals surface area contributed by atoms with Gasteiger partial charge in [0.15, 0.2) is 0 Å². The number of nitrogens with one attached hydrogen (secondary N) is 1. The van der Waals surface area contributed by atoms with Crippen LogP contribution in [0.2, 0.25) is 0 Å². The summed E-state index contributed by atoms with van der Waals surface area (Å²) in [6, 6.07) is 4.16. The Kier molecular flexibility index (Phi) is 3.12. The fourth-order valence-electron chi connectivity index (χ4n) is 3.54. The summed E-state index contributed by atoms with van der Waals surface area (Å²) in [5.74, 6) is 6.43. The van der Waals surface area contributed by atoms with Crippen molar-refractivity contribution in [2.24, 2.45) is 5.92 Å². The molecule has 2 saturated heterocycles. The van der Waals surface area contributed by atoms with Crippen molar-refractivity contribution in [3.63, 3.8) is 0 Å². The fraction of sp³-hybridized carbons (Fsp3) is 0.412. The Hall–Kier alpha value is -2.32. The van der Waals surface area contributed by atoms with Crippen molar-refractivity contribution < 1.29 is 4.79 Å². The van der Waals surface area contributed by atoms with E-state index in [2.05, 4.69) is 27.0 Å². The first-order valence-electron chi connectivity index (χ1n) is 7.67. The van der Waals surface area contributed by atoms with Gasteiger partial charge in [-0.2, -0.15) is 0 Å². The molecule has 2 bridgehead atoms. The van der Waals surface area contributed by atoms with E-state index in [1.165, 1.54) is 13.0 Å². The molecule has 22 heavy (non-hydrogen) atoms.